The summed E-state index contributed by atoms with van der Waals surface area (Å²) in [4.78, 5) is 39.1. The van der Waals surface area contributed by atoms with Crippen molar-refractivity contribution in [1.29, 1.82) is 0 Å². The number of carbonyl (C=O) groups excluding carboxylic acids is 3. The van der Waals surface area contributed by atoms with E-state index in [-0.39, 0.29) is 36.9 Å². The summed E-state index contributed by atoms with van der Waals surface area (Å²) in [7, 11) is 0. The molecule has 8 heteroatoms. The largest absolute Gasteiger partial charge is 0.485 e. The lowest BCUT2D eigenvalue weighted by Crippen LogP contribution is -2.40. The monoisotopic (exact) mass is 480 g/mol. The second-order valence-electron chi connectivity index (χ2n) is 9.02. The van der Waals surface area contributed by atoms with Gasteiger partial charge in [0.1, 0.15) is 11.5 Å². The molecule has 2 amide bonds. The first-order valence-corrected chi connectivity index (χ1v) is 12.1. The molecule has 0 saturated carbocycles. The third-order valence-corrected chi connectivity index (χ3v) is 6.41. The average Bonchev–Trinajstić information content (AvgIpc) is 3.38. The number of Topliss-reactive ketones (excluding diaryl/α,β-unsaturated/α-hetero) is 1. The first-order valence-electron chi connectivity index (χ1n) is 12.1. The highest BCUT2D eigenvalue weighted by Gasteiger charge is 2.26. The maximum atomic E-state index is 12.8. The molecular formula is C27H32N2O6. The van der Waals surface area contributed by atoms with E-state index in [1.54, 1.807) is 23.1 Å². The van der Waals surface area contributed by atoms with Crippen molar-refractivity contribution in [2.75, 3.05) is 37.8 Å². The van der Waals surface area contributed by atoms with Crippen molar-refractivity contribution >= 4 is 23.3 Å². The second-order valence-corrected chi connectivity index (χ2v) is 9.02. The summed E-state index contributed by atoms with van der Waals surface area (Å²) in [5.74, 6) is 0.719. The summed E-state index contributed by atoms with van der Waals surface area (Å²) in [6, 6.07) is 10.7. The molecule has 2 aromatic carbocycles. The predicted molar refractivity (Wildman–Crippen MR) is 131 cm³/mol. The molecule has 2 aliphatic heterocycles. The number of ether oxygens (including phenoxy) is 3. The molecule has 1 saturated heterocycles. The zero-order valence-corrected chi connectivity index (χ0v) is 20.3. The number of carbonyl (C=O) groups is 3. The van der Waals surface area contributed by atoms with Gasteiger partial charge in [-0.1, -0.05) is 6.07 Å². The van der Waals surface area contributed by atoms with E-state index in [1.165, 1.54) is 0 Å². The Morgan fingerprint density at radius 1 is 1.14 bits per heavy atom. The molecule has 8 nitrogen and oxygen atoms in total. The fraction of sp³-hybridized carbons (Fsp3) is 0.444. The Balaban J connectivity index is 1.34. The van der Waals surface area contributed by atoms with Gasteiger partial charge < -0.3 is 24.4 Å². The molecule has 1 unspecified atom stereocenters. The Labute approximate surface area is 205 Å². The maximum absolute atomic E-state index is 12.8. The van der Waals surface area contributed by atoms with Crippen molar-refractivity contribution in [3.63, 3.8) is 0 Å². The van der Waals surface area contributed by atoms with E-state index in [0.717, 1.165) is 30.6 Å². The van der Waals surface area contributed by atoms with Crippen LogP contribution in [0.25, 0.3) is 0 Å². The molecule has 0 aliphatic carbocycles. The predicted octanol–water partition coefficient (Wildman–Crippen LogP) is 3.37. The van der Waals surface area contributed by atoms with Crippen LogP contribution in [-0.4, -0.2) is 56.6 Å². The van der Waals surface area contributed by atoms with Crippen LogP contribution in [0.1, 0.15) is 47.2 Å². The molecule has 0 aromatic heterocycles. The summed E-state index contributed by atoms with van der Waals surface area (Å²) in [6.45, 7) is 5.47. The number of hydrogen-bond acceptors (Lipinski definition) is 6. The highest BCUT2D eigenvalue weighted by Crippen LogP contribution is 2.33. The Bertz CT molecular complexity index is 1090. The van der Waals surface area contributed by atoms with Gasteiger partial charge in [0.05, 0.1) is 11.8 Å². The number of nitrogens with zero attached hydrogens (tertiary/aromatic N) is 1. The molecule has 2 aliphatic rings. The van der Waals surface area contributed by atoms with E-state index in [0.29, 0.717) is 48.7 Å². The summed E-state index contributed by atoms with van der Waals surface area (Å²) in [5.41, 5.74) is 3.22. The van der Waals surface area contributed by atoms with Gasteiger partial charge in [0.25, 0.3) is 5.91 Å². The first kappa shape index (κ1) is 24.7. The number of hydrogen-bond donors (Lipinski definition) is 1. The minimum Gasteiger partial charge on any atom is -0.485 e. The van der Waals surface area contributed by atoms with Gasteiger partial charge in [0.2, 0.25) is 5.91 Å². The summed E-state index contributed by atoms with van der Waals surface area (Å²) in [6.07, 6.45) is 2.89. The van der Waals surface area contributed by atoms with Gasteiger partial charge in [-0.25, -0.2) is 0 Å². The number of rotatable bonds is 10. The number of anilines is 1. The second kappa shape index (κ2) is 11.4. The minimum absolute atomic E-state index is 0.0612. The van der Waals surface area contributed by atoms with Crippen molar-refractivity contribution in [3.05, 3.63) is 53.1 Å². The number of amides is 2. The van der Waals surface area contributed by atoms with Gasteiger partial charge in [0, 0.05) is 31.7 Å². The smallest absolute Gasteiger partial charge is 0.265 e. The molecule has 0 bridgehead atoms. The third kappa shape index (κ3) is 6.39. The molecule has 0 radical (unpaired) electrons. The van der Waals surface area contributed by atoms with Gasteiger partial charge in [-0.2, -0.15) is 0 Å². The molecular weight excluding hydrogens is 448 g/mol. The lowest BCUT2D eigenvalue weighted by atomic mass is 10.1. The fourth-order valence-electron chi connectivity index (χ4n) is 4.18. The summed E-state index contributed by atoms with van der Waals surface area (Å²) in [5, 5.41) is 2.90. The summed E-state index contributed by atoms with van der Waals surface area (Å²) >= 11 is 0. The normalized spacial score (nSPS) is 17.0. The fourth-order valence-corrected chi connectivity index (χ4v) is 4.18. The van der Waals surface area contributed by atoms with Crippen LogP contribution in [0.15, 0.2) is 36.4 Å². The number of aryl methyl sites for hydroxylation is 2. The summed E-state index contributed by atoms with van der Waals surface area (Å²) < 4.78 is 16.8. The van der Waals surface area contributed by atoms with Crippen molar-refractivity contribution in [3.8, 4) is 11.5 Å². The molecule has 35 heavy (non-hydrogen) atoms. The highest BCUT2D eigenvalue weighted by atomic mass is 16.5. The lowest BCUT2D eigenvalue weighted by Gasteiger charge is -2.29. The molecule has 2 aromatic rings. The van der Waals surface area contributed by atoms with E-state index < -0.39 is 0 Å². The average molecular weight is 481 g/mol. The number of benzene rings is 2. The number of fused-ring (bicyclic) bond motifs is 1. The molecule has 1 N–H and O–H groups in total. The van der Waals surface area contributed by atoms with Crippen molar-refractivity contribution < 1.29 is 28.6 Å². The molecule has 4 rings (SSSR count). The van der Waals surface area contributed by atoms with Crippen LogP contribution in [0.3, 0.4) is 0 Å². The van der Waals surface area contributed by atoms with Crippen LogP contribution in [0.2, 0.25) is 0 Å². The SMILES string of the molecule is Cc1ccc(OCC(=O)c2ccc3c(c2)N(CCCC(=O)NCC2CCCO2)C(=O)CO3)cc1C. The van der Waals surface area contributed by atoms with Gasteiger partial charge >= 0.3 is 0 Å². The zero-order valence-electron chi connectivity index (χ0n) is 20.3. The van der Waals surface area contributed by atoms with Gasteiger partial charge in [0.15, 0.2) is 19.0 Å². The quantitative estimate of drug-likeness (QED) is 0.524. The van der Waals surface area contributed by atoms with E-state index in [4.69, 9.17) is 14.2 Å². The van der Waals surface area contributed by atoms with Crippen LogP contribution in [0, 0.1) is 13.8 Å². The van der Waals surface area contributed by atoms with Crippen LogP contribution in [0.4, 0.5) is 5.69 Å². The Morgan fingerprint density at radius 3 is 2.77 bits per heavy atom. The van der Waals surface area contributed by atoms with E-state index in [1.807, 2.05) is 32.0 Å². The minimum atomic E-state index is -0.201. The Kier molecular flexibility index (Phi) is 8.02. The standard InChI is InChI=1S/C27H32N2O6/c1-18-7-9-21(13-19(18)2)34-16-24(30)20-8-10-25-23(14-20)29(27(32)17-35-25)11-3-6-26(31)28-15-22-5-4-12-33-22/h7-10,13-14,22H,3-6,11-12,15-17H2,1-2H3,(H,28,31). The van der Waals surface area contributed by atoms with Gasteiger partial charge in [-0.3, -0.25) is 14.4 Å². The molecule has 1 atom stereocenters. The topological polar surface area (TPSA) is 94.2 Å². The highest BCUT2D eigenvalue weighted by molar-refractivity contribution is 6.02. The van der Waals surface area contributed by atoms with Crippen molar-refractivity contribution in [1.82, 2.24) is 5.32 Å². The van der Waals surface area contributed by atoms with Crippen LogP contribution in [0.5, 0.6) is 11.5 Å². The van der Waals surface area contributed by atoms with E-state index in [9.17, 15) is 14.4 Å². The molecule has 2 heterocycles. The molecule has 0 spiro atoms. The van der Waals surface area contributed by atoms with E-state index in [2.05, 4.69) is 5.32 Å². The van der Waals surface area contributed by atoms with Crippen molar-refractivity contribution in [2.45, 2.75) is 45.6 Å². The van der Waals surface area contributed by atoms with Crippen molar-refractivity contribution in [2.24, 2.45) is 0 Å². The van der Waals surface area contributed by atoms with E-state index >= 15 is 0 Å². The molecule has 1 fully saturated rings. The van der Waals surface area contributed by atoms with Crippen LogP contribution < -0.4 is 19.7 Å². The molecule has 186 valence electrons. The maximum Gasteiger partial charge on any atom is 0.265 e. The van der Waals surface area contributed by atoms with Gasteiger partial charge in [-0.05, 0) is 74.6 Å². The zero-order chi connectivity index (χ0) is 24.8. The Hall–Kier alpha value is -3.39. The first-order chi connectivity index (χ1) is 16.9. The Morgan fingerprint density at radius 2 is 2.00 bits per heavy atom. The lowest BCUT2D eigenvalue weighted by molar-refractivity contribution is -0.123. The van der Waals surface area contributed by atoms with Crippen LogP contribution >= 0.6 is 0 Å². The van der Waals surface area contributed by atoms with Crippen LogP contribution in [-0.2, 0) is 14.3 Å². The van der Waals surface area contributed by atoms with Gasteiger partial charge in [-0.15, -0.1) is 0 Å². The number of ketones is 1. The number of nitrogens with one attached hydrogen (secondary N) is 1. The third-order valence-electron chi connectivity index (χ3n) is 6.41.